The molecule has 5 heteroatoms. The van der Waals surface area contributed by atoms with E-state index in [1.54, 1.807) is 4.90 Å². The molecule has 5 nitrogen and oxygen atoms in total. The van der Waals surface area contributed by atoms with Crippen molar-refractivity contribution in [3.05, 3.63) is 29.8 Å². The number of amides is 2. The molecule has 1 spiro atoms. The van der Waals surface area contributed by atoms with E-state index in [0.717, 1.165) is 11.3 Å². The third-order valence-corrected chi connectivity index (χ3v) is 3.87. The maximum atomic E-state index is 12.5. The van der Waals surface area contributed by atoms with E-state index in [0.29, 0.717) is 6.54 Å². The number of rotatable bonds is 1. The lowest BCUT2D eigenvalue weighted by molar-refractivity contribution is -0.128. The molecule has 1 saturated heterocycles. The quantitative estimate of drug-likeness (QED) is 0.812. The van der Waals surface area contributed by atoms with Crippen LogP contribution in [-0.4, -0.2) is 41.6 Å². The number of carbonyl (C=O) groups excluding carboxylic acids is 1. The third-order valence-electron chi connectivity index (χ3n) is 3.87. The van der Waals surface area contributed by atoms with Gasteiger partial charge < -0.3 is 14.9 Å². The van der Waals surface area contributed by atoms with Gasteiger partial charge in [0.1, 0.15) is 5.41 Å². The fraction of sp³-hybridized carbons (Fsp3) is 0.385. The highest BCUT2D eigenvalue weighted by molar-refractivity contribution is 6.09. The molecule has 1 aromatic carbocycles. The van der Waals surface area contributed by atoms with Crippen molar-refractivity contribution in [1.29, 1.82) is 0 Å². The van der Waals surface area contributed by atoms with Crippen molar-refractivity contribution < 1.29 is 14.7 Å². The molecule has 0 saturated carbocycles. The molecule has 0 bridgehead atoms. The molecule has 2 aliphatic rings. The highest BCUT2D eigenvalue weighted by atomic mass is 16.4. The Morgan fingerprint density at radius 3 is 2.67 bits per heavy atom. The molecule has 0 aliphatic carbocycles. The zero-order valence-corrected chi connectivity index (χ0v) is 10.1. The van der Waals surface area contributed by atoms with E-state index < -0.39 is 11.5 Å². The van der Waals surface area contributed by atoms with E-state index >= 15 is 0 Å². The molecule has 2 heterocycles. The Hall–Kier alpha value is -2.04. The van der Waals surface area contributed by atoms with Crippen molar-refractivity contribution in [3.63, 3.8) is 0 Å². The Bertz CT molecular complexity index is 535. The number of fused-ring (bicyclic) bond motifs is 2. The van der Waals surface area contributed by atoms with Gasteiger partial charge in [0.15, 0.2) is 0 Å². The smallest absolute Gasteiger partial charge is 0.407 e. The first kappa shape index (κ1) is 11.1. The summed E-state index contributed by atoms with van der Waals surface area (Å²) in [5.74, 6) is 0.0312. The molecule has 3 rings (SSSR count). The SMILES string of the molecule is CCN1C(=O)C2(CN(C(=O)O)C2)c2ccccc21. The van der Waals surface area contributed by atoms with Crippen molar-refractivity contribution in [2.24, 2.45) is 0 Å². The summed E-state index contributed by atoms with van der Waals surface area (Å²) < 4.78 is 0. The topological polar surface area (TPSA) is 60.9 Å². The van der Waals surface area contributed by atoms with Crippen LogP contribution in [0.1, 0.15) is 12.5 Å². The fourth-order valence-corrected chi connectivity index (χ4v) is 2.96. The second-order valence-electron chi connectivity index (χ2n) is 4.79. The van der Waals surface area contributed by atoms with E-state index in [1.807, 2.05) is 31.2 Å². The van der Waals surface area contributed by atoms with Crippen LogP contribution in [-0.2, 0) is 10.2 Å². The molecule has 18 heavy (non-hydrogen) atoms. The molecular formula is C13H14N2O3. The Morgan fingerprint density at radius 2 is 2.06 bits per heavy atom. The number of nitrogens with zero attached hydrogens (tertiary/aromatic N) is 2. The largest absolute Gasteiger partial charge is 0.465 e. The number of hydrogen-bond acceptors (Lipinski definition) is 2. The Balaban J connectivity index is 2.03. The summed E-state index contributed by atoms with van der Waals surface area (Å²) in [6.45, 7) is 3.09. The monoisotopic (exact) mass is 246 g/mol. The van der Waals surface area contributed by atoms with Gasteiger partial charge in [-0.05, 0) is 18.6 Å². The van der Waals surface area contributed by atoms with Crippen molar-refractivity contribution in [1.82, 2.24) is 4.90 Å². The van der Waals surface area contributed by atoms with Crippen LogP contribution >= 0.6 is 0 Å². The summed E-state index contributed by atoms with van der Waals surface area (Å²) in [6.07, 6.45) is -0.958. The van der Waals surface area contributed by atoms with Gasteiger partial charge in [0.05, 0.1) is 0 Å². The van der Waals surface area contributed by atoms with Gasteiger partial charge >= 0.3 is 6.09 Å². The van der Waals surface area contributed by atoms with Crippen LogP contribution in [0.2, 0.25) is 0 Å². The second kappa shape index (κ2) is 3.48. The molecule has 2 aliphatic heterocycles. The van der Waals surface area contributed by atoms with E-state index in [9.17, 15) is 9.59 Å². The predicted molar refractivity (Wildman–Crippen MR) is 65.7 cm³/mol. The Labute approximate surface area is 105 Å². The molecule has 0 atom stereocenters. The summed E-state index contributed by atoms with van der Waals surface area (Å²) in [4.78, 5) is 26.4. The highest BCUT2D eigenvalue weighted by Gasteiger charge is 2.58. The number of hydrogen-bond donors (Lipinski definition) is 1. The summed E-state index contributed by atoms with van der Waals surface area (Å²) in [7, 11) is 0. The fourth-order valence-electron chi connectivity index (χ4n) is 2.96. The zero-order chi connectivity index (χ0) is 12.9. The number of carbonyl (C=O) groups is 2. The van der Waals surface area contributed by atoms with Crippen molar-refractivity contribution in [2.75, 3.05) is 24.5 Å². The number of likely N-dealkylation sites (N-methyl/N-ethyl adjacent to an activating group) is 1. The van der Waals surface area contributed by atoms with Crippen molar-refractivity contribution in [2.45, 2.75) is 12.3 Å². The van der Waals surface area contributed by atoms with Crippen LogP contribution in [0.25, 0.3) is 0 Å². The minimum Gasteiger partial charge on any atom is -0.465 e. The van der Waals surface area contributed by atoms with Gasteiger partial charge in [0.2, 0.25) is 5.91 Å². The van der Waals surface area contributed by atoms with E-state index in [1.165, 1.54) is 4.90 Å². The third kappa shape index (κ3) is 1.16. The van der Waals surface area contributed by atoms with Crippen LogP contribution in [0.15, 0.2) is 24.3 Å². The summed E-state index contributed by atoms with van der Waals surface area (Å²) in [5.41, 5.74) is 1.26. The summed E-state index contributed by atoms with van der Waals surface area (Å²) >= 11 is 0. The zero-order valence-electron chi connectivity index (χ0n) is 10.1. The molecular weight excluding hydrogens is 232 g/mol. The molecule has 0 unspecified atom stereocenters. The first-order chi connectivity index (χ1) is 8.60. The highest BCUT2D eigenvalue weighted by Crippen LogP contribution is 2.47. The lowest BCUT2D eigenvalue weighted by Gasteiger charge is -2.45. The standard InChI is InChI=1S/C13H14N2O3/c1-2-15-10-6-4-3-5-9(10)13(11(15)16)7-14(8-13)12(17)18/h3-6H,2,7-8H2,1H3,(H,17,18). The maximum Gasteiger partial charge on any atom is 0.407 e. The molecule has 94 valence electrons. The molecule has 1 fully saturated rings. The lowest BCUT2D eigenvalue weighted by Crippen LogP contribution is -2.65. The first-order valence-electron chi connectivity index (χ1n) is 5.99. The van der Waals surface area contributed by atoms with Gasteiger partial charge in [-0.1, -0.05) is 18.2 Å². The summed E-state index contributed by atoms with van der Waals surface area (Å²) in [6, 6.07) is 7.66. The number of anilines is 1. The summed E-state index contributed by atoms with van der Waals surface area (Å²) in [5, 5.41) is 8.94. The van der Waals surface area contributed by atoms with Gasteiger partial charge in [0, 0.05) is 25.3 Å². The van der Waals surface area contributed by atoms with Crippen molar-refractivity contribution >= 4 is 17.7 Å². The number of para-hydroxylation sites is 1. The van der Waals surface area contributed by atoms with Crippen LogP contribution in [0.3, 0.4) is 0 Å². The number of carboxylic acid groups (broad SMARTS) is 1. The van der Waals surface area contributed by atoms with Crippen LogP contribution < -0.4 is 4.90 Å². The van der Waals surface area contributed by atoms with Gasteiger partial charge in [-0.2, -0.15) is 0 Å². The van der Waals surface area contributed by atoms with E-state index in [4.69, 9.17) is 5.11 Å². The Kier molecular flexibility index (Phi) is 2.14. The van der Waals surface area contributed by atoms with Crippen molar-refractivity contribution in [3.8, 4) is 0 Å². The van der Waals surface area contributed by atoms with Gasteiger partial charge in [0.25, 0.3) is 0 Å². The maximum absolute atomic E-state index is 12.5. The van der Waals surface area contributed by atoms with E-state index in [2.05, 4.69) is 0 Å². The predicted octanol–water partition coefficient (Wildman–Crippen LogP) is 1.28. The number of benzene rings is 1. The normalized spacial score (nSPS) is 19.9. The van der Waals surface area contributed by atoms with Gasteiger partial charge in [-0.25, -0.2) is 4.79 Å². The first-order valence-corrected chi connectivity index (χ1v) is 5.99. The average molecular weight is 246 g/mol. The molecule has 2 amide bonds. The van der Waals surface area contributed by atoms with Gasteiger partial charge in [-0.3, -0.25) is 4.79 Å². The van der Waals surface area contributed by atoms with Crippen LogP contribution in [0.4, 0.5) is 10.5 Å². The minimum atomic E-state index is -0.958. The molecule has 1 N–H and O–H groups in total. The number of likely N-dealkylation sites (tertiary alicyclic amines) is 1. The van der Waals surface area contributed by atoms with Gasteiger partial charge in [-0.15, -0.1) is 0 Å². The van der Waals surface area contributed by atoms with Crippen LogP contribution in [0.5, 0.6) is 0 Å². The average Bonchev–Trinajstić information content (AvgIpc) is 2.55. The van der Waals surface area contributed by atoms with E-state index in [-0.39, 0.29) is 19.0 Å². The molecule has 0 radical (unpaired) electrons. The Morgan fingerprint density at radius 1 is 1.39 bits per heavy atom. The van der Waals surface area contributed by atoms with Crippen LogP contribution in [0, 0.1) is 0 Å². The molecule has 0 aromatic heterocycles. The second-order valence-corrected chi connectivity index (χ2v) is 4.79. The lowest BCUT2D eigenvalue weighted by atomic mass is 9.75. The molecule has 1 aromatic rings. The minimum absolute atomic E-state index is 0.0312.